The van der Waals surface area contributed by atoms with Crippen LogP contribution in [0.4, 0.5) is 5.82 Å². The lowest BCUT2D eigenvalue weighted by atomic mass is 9.72. The fourth-order valence-electron chi connectivity index (χ4n) is 4.44. The van der Waals surface area contributed by atoms with Crippen LogP contribution in [0.5, 0.6) is 5.88 Å². The van der Waals surface area contributed by atoms with Gasteiger partial charge in [0.15, 0.2) is 0 Å². The van der Waals surface area contributed by atoms with E-state index in [9.17, 15) is 19.2 Å². The number of carbonyl (C=O) groups is 2. The van der Waals surface area contributed by atoms with Crippen molar-refractivity contribution < 1.29 is 14.3 Å². The van der Waals surface area contributed by atoms with E-state index >= 15 is 0 Å². The molecule has 2 aromatic heterocycles. The van der Waals surface area contributed by atoms with Gasteiger partial charge in [-0.1, -0.05) is 6.42 Å². The second-order valence-corrected chi connectivity index (χ2v) is 7.74. The zero-order valence-corrected chi connectivity index (χ0v) is 16.5. The summed E-state index contributed by atoms with van der Waals surface area (Å²) in [6.45, 7) is 1.73. The third-order valence-corrected chi connectivity index (χ3v) is 5.74. The summed E-state index contributed by atoms with van der Waals surface area (Å²) < 4.78 is 6.12. The third-order valence-electron chi connectivity index (χ3n) is 5.74. The van der Waals surface area contributed by atoms with Gasteiger partial charge in [0, 0.05) is 32.0 Å². The Morgan fingerprint density at radius 1 is 1.27 bits per heavy atom. The topological polar surface area (TPSA) is 146 Å². The molecule has 0 spiro atoms. The molecule has 0 bridgehead atoms. The highest BCUT2D eigenvalue weighted by atomic mass is 16.5. The number of amides is 2. The average molecular weight is 413 g/mol. The number of hydrogen-bond acceptors (Lipinski definition) is 6. The number of aromatic amines is 2. The van der Waals surface area contributed by atoms with E-state index in [-0.39, 0.29) is 23.6 Å². The Balaban J connectivity index is 1.43. The molecule has 0 unspecified atom stereocenters. The highest BCUT2D eigenvalue weighted by Gasteiger charge is 2.51. The van der Waals surface area contributed by atoms with Crippen LogP contribution in [0.2, 0.25) is 0 Å². The van der Waals surface area contributed by atoms with E-state index < -0.39 is 16.9 Å². The largest absolute Gasteiger partial charge is 0.471 e. The van der Waals surface area contributed by atoms with Crippen LogP contribution in [-0.4, -0.2) is 38.9 Å². The molecule has 1 saturated carbocycles. The standard InChI is InChI=1S/C20H23N5O5/c1-11(26)23-14-6-5-12(10-22-14)16(27)21-9-8-20-7-3-2-4-13(20)15-17(28)24-19(29)25-18(15)30-20/h5-6,10,13H,2-4,7-9H2,1H3,(H,21,27)(H,22,23,26)(H2,24,25,28,29)/t13-,20+/m1/s1. The highest BCUT2D eigenvalue weighted by molar-refractivity contribution is 5.94. The maximum absolute atomic E-state index is 12.4. The summed E-state index contributed by atoms with van der Waals surface area (Å²) in [5.74, 6) is -0.0162. The smallest absolute Gasteiger partial charge is 0.328 e. The van der Waals surface area contributed by atoms with E-state index in [0.717, 1.165) is 25.7 Å². The van der Waals surface area contributed by atoms with Gasteiger partial charge in [0.05, 0.1) is 11.1 Å². The minimum atomic E-state index is -0.612. The fraction of sp³-hybridized carbons (Fsp3) is 0.450. The van der Waals surface area contributed by atoms with Crippen LogP contribution < -0.4 is 26.6 Å². The number of aromatic nitrogens is 3. The highest BCUT2D eigenvalue weighted by Crippen LogP contribution is 2.51. The Morgan fingerprint density at radius 3 is 2.83 bits per heavy atom. The quantitative estimate of drug-likeness (QED) is 0.576. The van der Waals surface area contributed by atoms with Gasteiger partial charge in [-0.3, -0.25) is 24.4 Å². The number of carbonyl (C=O) groups excluding carboxylic acids is 2. The third kappa shape index (κ3) is 3.72. The van der Waals surface area contributed by atoms with Crippen LogP contribution in [0.25, 0.3) is 0 Å². The number of nitrogens with one attached hydrogen (secondary N) is 4. The minimum Gasteiger partial charge on any atom is -0.471 e. The summed E-state index contributed by atoms with van der Waals surface area (Å²) >= 11 is 0. The Bertz CT molecular complexity index is 1090. The van der Waals surface area contributed by atoms with Crippen molar-refractivity contribution in [3.05, 3.63) is 50.3 Å². The van der Waals surface area contributed by atoms with Crippen molar-refractivity contribution in [1.29, 1.82) is 0 Å². The van der Waals surface area contributed by atoms with Gasteiger partial charge in [-0.05, 0) is 31.4 Å². The van der Waals surface area contributed by atoms with Crippen molar-refractivity contribution in [1.82, 2.24) is 20.3 Å². The van der Waals surface area contributed by atoms with Gasteiger partial charge in [-0.15, -0.1) is 0 Å². The van der Waals surface area contributed by atoms with E-state index in [1.165, 1.54) is 13.1 Å². The Hall–Kier alpha value is -3.43. The number of fused-ring (bicyclic) bond motifs is 3. The Labute approximate surface area is 171 Å². The first-order valence-corrected chi connectivity index (χ1v) is 9.95. The molecule has 1 aliphatic heterocycles. The van der Waals surface area contributed by atoms with Crippen molar-refractivity contribution in [2.45, 2.75) is 50.5 Å². The van der Waals surface area contributed by atoms with E-state index in [2.05, 4.69) is 25.6 Å². The molecule has 3 heterocycles. The van der Waals surface area contributed by atoms with Crippen molar-refractivity contribution >= 4 is 17.6 Å². The molecule has 30 heavy (non-hydrogen) atoms. The summed E-state index contributed by atoms with van der Waals surface area (Å²) in [6, 6.07) is 3.15. The second-order valence-electron chi connectivity index (χ2n) is 7.74. The first-order chi connectivity index (χ1) is 14.4. The lowest BCUT2D eigenvalue weighted by molar-refractivity contribution is -0.114. The summed E-state index contributed by atoms with van der Waals surface area (Å²) in [6.07, 6.45) is 5.38. The van der Waals surface area contributed by atoms with E-state index in [0.29, 0.717) is 29.9 Å². The number of H-pyrrole nitrogens is 2. The zero-order chi connectivity index (χ0) is 21.3. The maximum Gasteiger partial charge on any atom is 0.328 e. The number of rotatable bonds is 5. The number of nitrogens with zero attached hydrogens (tertiary/aromatic N) is 1. The van der Waals surface area contributed by atoms with E-state index in [4.69, 9.17) is 4.74 Å². The molecule has 10 heteroatoms. The van der Waals surface area contributed by atoms with E-state index in [1.807, 2.05) is 0 Å². The van der Waals surface area contributed by atoms with Gasteiger partial charge in [-0.25, -0.2) is 9.78 Å². The van der Waals surface area contributed by atoms with Crippen LogP contribution in [-0.2, 0) is 4.79 Å². The normalized spacial score (nSPS) is 21.8. The van der Waals surface area contributed by atoms with Gasteiger partial charge < -0.3 is 15.4 Å². The van der Waals surface area contributed by atoms with Crippen molar-refractivity contribution in [3.8, 4) is 5.88 Å². The molecule has 10 nitrogen and oxygen atoms in total. The Morgan fingerprint density at radius 2 is 2.10 bits per heavy atom. The summed E-state index contributed by atoms with van der Waals surface area (Å²) in [5.41, 5.74) is -0.733. The first-order valence-electron chi connectivity index (χ1n) is 9.95. The van der Waals surface area contributed by atoms with Gasteiger partial charge in [0.25, 0.3) is 11.5 Å². The number of hydrogen-bond donors (Lipinski definition) is 4. The molecule has 158 valence electrons. The van der Waals surface area contributed by atoms with Crippen LogP contribution in [0.3, 0.4) is 0 Å². The molecular formula is C20H23N5O5. The molecule has 4 N–H and O–H groups in total. The van der Waals surface area contributed by atoms with Crippen LogP contribution in [0.1, 0.15) is 60.9 Å². The molecule has 2 amide bonds. The SMILES string of the molecule is CC(=O)Nc1ccc(C(=O)NCC[C@@]23CCCC[C@@H]2c2c([nH]c(=O)[nH]c2=O)O3)cn1. The molecule has 0 radical (unpaired) electrons. The predicted octanol–water partition coefficient (Wildman–Crippen LogP) is 1.03. The van der Waals surface area contributed by atoms with Crippen molar-refractivity contribution in [2.75, 3.05) is 11.9 Å². The molecule has 4 rings (SSSR count). The maximum atomic E-state index is 12.4. The van der Waals surface area contributed by atoms with Gasteiger partial charge in [0.2, 0.25) is 11.8 Å². The van der Waals surface area contributed by atoms with Gasteiger partial charge >= 0.3 is 5.69 Å². The van der Waals surface area contributed by atoms with Crippen LogP contribution in [0.15, 0.2) is 27.9 Å². The molecule has 2 aliphatic rings. The number of ether oxygens (including phenoxy) is 1. The molecule has 1 fully saturated rings. The molecular weight excluding hydrogens is 390 g/mol. The number of pyridine rings is 1. The van der Waals surface area contributed by atoms with Gasteiger partial charge in [0.1, 0.15) is 11.4 Å². The van der Waals surface area contributed by atoms with Crippen molar-refractivity contribution in [2.24, 2.45) is 0 Å². The average Bonchev–Trinajstić information content (AvgIpc) is 3.02. The summed E-state index contributed by atoms with van der Waals surface area (Å²) in [4.78, 5) is 56.4. The molecule has 2 aromatic rings. The summed E-state index contributed by atoms with van der Waals surface area (Å²) in [7, 11) is 0. The lowest BCUT2D eigenvalue weighted by Crippen LogP contribution is -2.44. The fourth-order valence-corrected chi connectivity index (χ4v) is 4.44. The second kappa shape index (κ2) is 7.77. The summed E-state index contributed by atoms with van der Waals surface area (Å²) in [5, 5.41) is 5.41. The van der Waals surface area contributed by atoms with Crippen LogP contribution >= 0.6 is 0 Å². The van der Waals surface area contributed by atoms with E-state index in [1.54, 1.807) is 12.1 Å². The minimum absolute atomic E-state index is 0.114. The molecule has 0 saturated heterocycles. The lowest BCUT2D eigenvalue weighted by Gasteiger charge is -2.38. The van der Waals surface area contributed by atoms with Crippen molar-refractivity contribution in [3.63, 3.8) is 0 Å². The number of anilines is 1. The molecule has 2 atom stereocenters. The molecule has 0 aromatic carbocycles. The van der Waals surface area contributed by atoms with Gasteiger partial charge in [-0.2, -0.15) is 0 Å². The Kier molecular flexibility index (Phi) is 5.15. The first kappa shape index (κ1) is 19.9. The molecule has 1 aliphatic carbocycles. The predicted molar refractivity (Wildman–Crippen MR) is 108 cm³/mol. The zero-order valence-electron chi connectivity index (χ0n) is 16.5. The monoisotopic (exact) mass is 413 g/mol. The van der Waals surface area contributed by atoms with Crippen LogP contribution in [0, 0.1) is 0 Å².